The number of pyridine rings is 2. The number of nitrogens with zero attached hydrogens (tertiary/aromatic N) is 2. The molecule has 4 rings (SSSR count). The predicted molar refractivity (Wildman–Crippen MR) is 105 cm³/mol. The Labute approximate surface area is 152 Å². The molecular formula is C21H22N4O. The summed E-state index contributed by atoms with van der Waals surface area (Å²) in [5.74, 6) is 0.507. The monoisotopic (exact) mass is 346 g/mol. The number of amides is 1. The lowest BCUT2D eigenvalue weighted by atomic mass is 10.1. The molecule has 1 amide bonds. The van der Waals surface area contributed by atoms with Crippen molar-refractivity contribution in [3.05, 3.63) is 59.9 Å². The number of benzene rings is 1. The van der Waals surface area contributed by atoms with Gasteiger partial charge >= 0.3 is 0 Å². The normalized spacial score (nSPS) is 14.5. The van der Waals surface area contributed by atoms with Crippen molar-refractivity contribution in [3.8, 4) is 0 Å². The molecule has 1 aliphatic rings. The van der Waals surface area contributed by atoms with Gasteiger partial charge in [-0.05, 0) is 56.2 Å². The summed E-state index contributed by atoms with van der Waals surface area (Å²) in [4.78, 5) is 21.7. The van der Waals surface area contributed by atoms with Crippen LogP contribution in [0.15, 0.2) is 48.7 Å². The minimum atomic E-state index is -0.155. The third-order valence-electron chi connectivity index (χ3n) is 4.83. The fourth-order valence-corrected chi connectivity index (χ4v) is 3.47. The first-order valence-electron chi connectivity index (χ1n) is 9.09. The molecule has 1 fully saturated rings. The highest BCUT2D eigenvalue weighted by Gasteiger charge is 2.19. The number of anilines is 2. The van der Waals surface area contributed by atoms with E-state index < -0.39 is 0 Å². The second-order valence-corrected chi connectivity index (χ2v) is 6.84. The number of aryl methyl sites for hydroxylation is 1. The molecule has 132 valence electrons. The summed E-state index contributed by atoms with van der Waals surface area (Å²) in [6, 6.07) is 13.8. The fourth-order valence-electron chi connectivity index (χ4n) is 3.47. The van der Waals surface area contributed by atoms with E-state index in [-0.39, 0.29) is 5.91 Å². The Morgan fingerprint density at radius 3 is 2.81 bits per heavy atom. The highest BCUT2D eigenvalue weighted by Crippen LogP contribution is 2.24. The summed E-state index contributed by atoms with van der Waals surface area (Å²) in [6.07, 6.45) is 6.45. The summed E-state index contributed by atoms with van der Waals surface area (Å²) in [5.41, 5.74) is 3.23. The molecule has 0 radical (unpaired) electrons. The molecule has 3 aromatic rings. The van der Waals surface area contributed by atoms with Crippen LogP contribution in [-0.4, -0.2) is 21.9 Å². The van der Waals surface area contributed by atoms with Crippen LogP contribution in [0.5, 0.6) is 0 Å². The quantitative estimate of drug-likeness (QED) is 0.727. The number of carbonyl (C=O) groups is 1. The van der Waals surface area contributed by atoms with Crippen LogP contribution in [0, 0.1) is 6.92 Å². The SMILES string of the molecule is Cc1ccc2cc(NC(=O)c3cccnc3NC3CCCC3)ccc2n1. The molecule has 0 unspecified atom stereocenters. The number of aromatic nitrogens is 2. The highest BCUT2D eigenvalue weighted by atomic mass is 16.1. The second-order valence-electron chi connectivity index (χ2n) is 6.84. The molecule has 0 aliphatic heterocycles. The van der Waals surface area contributed by atoms with Gasteiger partial charge in [0.2, 0.25) is 0 Å². The lowest BCUT2D eigenvalue weighted by Crippen LogP contribution is -2.20. The van der Waals surface area contributed by atoms with Crippen LogP contribution < -0.4 is 10.6 Å². The van der Waals surface area contributed by atoms with Gasteiger partial charge in [-0.15, -0.1) is 0 Å². The van der Waals surface area contributed by atoms with Crippen molar-refractivity contribution in [1.29, 1.82) is 0 Å². The first-order valence-corrected chi connectivity index (χ1v) is 9.09. The number of hydrogen-bond donors (Lipinski definition) is 2. The van der Waals surface area contributed by atoms with Crippen molar-refractivity contribution < 1.29 is 4.79 Å². The Bertz CT molecular complexity index is 948. The van der Waals surface area contributed by atoms with Crippen molar-refractivity contribution in [2.75, 3.05) is 10.6 Å². The van der Waals surface area contributed by atoms with Gasteiger partial charge < -0.3 is 10.6 Å². The summed E-state index contributed by atoms with van der Waals surface area (Å²) in [6.45, 7) is 1.97. The van der Waals surface area contributed by atoms with E-state index in [1.54, 1.807) is 12.3 Å². The third-order valence-corrected chi connectivity index (χ3v) is 4.83. The van der Waals surface area contributed by atoms with Gasteiger partial charge in [0.25, 0.3) is 5.91 Å². The van der Waals surface area contributed by atoms with Gasteiger partial charge in [-0.3, -0.25) is 9.78 Å². The van der Waals surface area contributed by atoms with Crippen LogP contribution in [0.4, 0.5) is 11.5 Å². The Balaban J connectivity index is 1.55. The standard InChI is InChI=1S/C21H22N4O/c1-14-8-9-15-13-17(10-11-19(15)23-14)25-21(26)18-7-4-12-22-20(18)24-16-5-2-3-6-16/h4,7-13,16H,2-3,5-6H2,1H3,(H,22,24)(H,25,26). The van der Waals surface area contributed by atoms with E-state index >= 15 is 0 Å². The van der Waals surface area contributed by atoms with Crippen molar-refractivity contribution in [2.45, 2.75) is 38.6 Å². The Morgan fingerprint density at radius 1 is 1.12 bits per heavy atom. The van der Waals surface area contributed by atoms with E-state index in [0.29, 0.717) is 17.4 Å². The van der Waals surface area contributed by atoms with Crippen LogP contribution >= 0.6 is 0 Å². The number of nitrogens with one attached hydrogen (secondary N) is 2. The Kier molecular flexibility index (Phi) is 4.52. The van der Waals surface area contributed by atoms with Crippen LogP contribution in [0.3, 0.4) is 0 Å². The number of carbonyl (C=O) groups excluding carboxylic acids is 1. The Hall–Kier alpha value is -2.95. The molecule has 5 heteroatoms. The van der Waals surface area contributed by atoms with Gasteiger partial charge in [-0.2, -0.15) is 0 Å². The van der Waals surface area contributed by atoms with Gasteiger partial charge in [0.1, 0.15) is 5.82 Å². The van der Waals surface area contributed by atoms with Gasteiger partial charge in [0.15, 0.2) is 0 Å². The summed E-state index contributed by atoms with van der Waals surface area (Å²) >= 11 is 0. The molecule has 0 atom stereocenters. The van der Waals surface area contributed by atoms with Crippen LogP contribution in [0.2, 0.25) is 0 Å². The number of rotatable bonds is 4. The minimum absolute atomic E-state index is 0.155. The van der Waals surface area contributed by atoms with Crippen molar-refractivity contribution >= 4 is 28.3 Å². The van der Waals surface area contributed by atoms with Crippen LogP contribution in [0.25, 0.3) is 10.9 Å². The summed E-state index contributed by atoms with van der Waals surface area (Å²) in [5, 5.41) is 7.42. The minimum Gasteiger partial charge on any atom is -0.367 e. The van der Waals surface area contributed by atoms with E-state index in [0.717, 1.165) is 35.1 Å². The zero-order valence-corrected chi connectivity index (χ0v) is 14.8. The lowest BCUT2D eigenvalue weighted by Gasteiger charge is -2.15. The molecule has 0 bridgehead atoms. The van der Waals surface area contributed by atoms with Crippen molar-refractivity contribution in [1.82, 2.24) is 9.97 Å². The van der Waals surface area contributed by atoms with Gasteiger partial charge in [0, 0.05) is 29.0 Å². The molecule has 2 aromatic heterocycles. The molecule has 0 saturated heterocycles. The van der Waals surface area contributed by atoms with Crippen LogP contribution in [0.1, 0.15) is 41.7 Å². The van der Waals surface area contributed by atoms with E-state index in [4.69, 9.17) is 0 Å². The van der Waals surface area contributed by atoms with Gasteiger partial charge in [0.05, 0.1) is 11.1 Å². The maximum atomic E-state index is 12.8. The van der Waals surface area contributed by atoms with E-state index in [1.807, 2.05) is 43.3 Å². The highest BCUT2D eigenvalue weighted by molar-refractivity contribution is 6.08. The van der Waals surface area contributed by atoms with E-state index in [1.165, 1.54) is 12.8 Å². The maximum Gasteiger partial charge on any atom is 0.259 e. The zero-order valence-electron chi connectivity index (χ0n) is 14.8. The first kappa shape index (κ1) is 16.5. The number of hydrogen-bond acceptors (Lipinski definition) is 4. The smallest absolute Gasteiger partial charge is 0.259 e. The predicted octanol–water partition coefficient (Wildman–Crippen LogP) is 4.55. The molecule has 2 heterocycles. The molecule has 1 aliphatic carbocycles. The molecule has 0 spiro atoms. The number of fused-ring (bicyclic) bond motifs is 1. The maximum absolute atomic E-state index is 12.8. The lowest BCUT2D eigenvalue weighted by molar-refractivity contribution is 0.102. The molecule has 1 saturated carbocycles. The topological polar surface area (TPSA) is 66.9 Å². The molecule has 26 heavy (non-hydrogen) atoms. The molecule has 5 nitrogen and oxygen atoms in total. The van der Waals surface area contributed by atoms with Gasteiger partial charge in [-0.1, -0.05) is 18.9 Å². The van der Waals surface area contributed by atoms with E-state index in [2.05, 4.69) is 20.6 Å². The molecular weight excluding hydrogens is 324 g/mol. The second kappa shape index (κ2) is 7.12. The van der Waals surface area contributed by atoms with Gasteiger partial charge in [-0.25, -0.2) is 4.98 Å². The summed E-state index contributed by atoms with van der Waals surface area (Å²) in [7, 11) is 0. The molecule has 2 N–H and O–H groups in total. The Morgan fingerprint density at radius 2 is 1.96 bits per heavy atom. The van der Waals surface area contributed by atoms with Crippen molar-refractivity contribution in [2.24, 2.45) is 0 Å². The third kappa shape index (κ3) is 3.52. The largest absolute Gasteiger partial charge is 0.367 e. The van der Waals surface area contributed by atoms with Crippen molar-refractivity contribution in [3.63, 3.8) is 0 Å². The average molecular weight is 346 g/mol. The van der Waals surface area contributed by atoms with Crippen LogP contribution in [-0.2, 0) is 0 Å². The average Bonchev–Trinajstić information content (AvgIpc) is 3.15. The fraction of sp³-hybridized carbons (Fsp3) is 0.286. The van der Waals surface area contributed by atoms with E-state index in [9.17, 15) is 4.79 Å². The first-order chi connectivity index (χ1) is 12.7. The molecule has 1 aromatic carbocycles. The summed E-state index contributed by atoms with van der Waals surface area (Å²) < 4.78 is 0. The zero-order chi connectivity index (χ0) is 17.9.